The van der Waals surface area contributed by atoms with Gasteiger partial charge >= 0.3 is 5.97 Å². The molecule has 0 saturated heterocycles. The first kappa shape index (κ1) is 13.5. The fourth-order valence-corrected chi connectivity index (χ4v) is 1.32. The Balaban J connectivity index is 2.90. The summed E-state index contributed by atoms with van der Waals surface area (Å²) in [6, 6.07) is 4.23. The summed E-state index contributed by atoms with van der Waals surface area (Å²) in [4.78, 5) is 22.3. The maximum atomic E-state index is 11.5. The highest BCUT2D eigenvalue weighted by Gasteiger charge is 2.14. The van der Waals surface area contributed by atoms with Crippen molar-refractivity contribution in [2.45, 2.75) is 13.0 Å². The Kier molecular flexibility index (Phi) is 4.48. The number of aromatic carboxylic acids is 1. The van der Waals surface area contributed by atoms with Crippen molar-refractivity contribution in [3.63, 3.8) is 0 Å². The van der Waals surface area contributed by atoms with Crippen LogP contribution in [0.3, 0.4) is 0 Å². The second-order valence-corrected chi connectivity index (χ2v) is 3.77. The Bertz CT molecular complexity index is 447. The molecule has 0 aliphatic rings. The number of halogens is 1. The Labute approximate surface area is 103 Å². The van der Waals surface area contributed by atoms with Gasteiger partial charge in [0, 0.05) is 12.8 Å². The molecule has 1 rings (SSSR count). The molecule has 5 nitrogen and oxygen atoms in total. The number of carboxylic acids is 1. The first-order chi connectivity index (χ1) is 7.95. The molecule has 1 amide bonds. The molecule has 2 N–H and O–H groups in total. The van der Waals surface area contributed by atoms with Crippen LogP contribution in [0.25, 0.3) is 0 Å². The highest BCUT2D eigenvalue weighted by Crippen LogP contribution is 2.20. The maximum Gasteiger partial charge on any atom is 0.337 e. The molecule has 1 aromatic carbocycles. The minimum atomic E-state index is -1.15. The zero-order valence-corrected chi connectivity index (χ0v) is 10.1. The molecule has 0 saturated carbocycles. The van der Waals surface area contributed by atoms with E-state index in [9.17, 15) is 9.59 Å². The van der Waals surface area contributed by atoms with Crippen molar-refractivity contribution < 1.29 is 19.4 Å². The summed E-state index contributed by atoms with van der Waals surface area (Å²) >= 11 is 5.70. The Morgan fingerprint density at radius 3 is 2.65 bits per heavy atom. The standard InChI is InChI=1S/C11H12ClNO4/c1-6(17-2)10(14)13-7-3-4-9(12)8(5-7)11(15)16/h3-6H,1-2H3,(H,13,14)(H,15,16). The lowest BCUT2D eigenvalue weighted by Crippen LogP contribution is -2.26. The summed E-state index contributed by atoms with van der Waals surface area (Å²) in [5, 5.41) is 11.5. The normalized spacial score (nSPS) is 11.9. The summed E-state index contributed by atoms with van der Waals surface area (Å²) in [6.07, 6.45) is -0.612. The fourth-order valence-electron chi connectivity index (χ4n) is 1.12. The molecule has 17 heavy (non-hydrogen) atoms. The maximum absolute atomic E-state index is 11.5. The van der Waals surface area contributed by atoms with Crippen LogP contribution in [-0.2, 0) is 9.53 Å². The SMILES string of the molecule is COC(C)C(=O)Nc1ccc(Cl)c(C(=O)O)c1. The molecule has 0 heterocycles. The number of nitrogens with one attached hydrogen (secondary N) is 1. The van der Waals surface area contributed by atoms with Crippen LogP contribution in [-0.4, -0.2) is 30.2 Å². The Morgan fingerprint density at radius 2 is 2.12 bits per heavy atom. The van der Waals surface area contributed by atoms with Crippen LogP contribution in [0.15, 0.2) is 18.2 Å². The van der Waals surface area contributed by atoms with Crippen LogP contribution in [0.1, 0.15) is 17.3 Å². The van der Waals surface area contributed by atoms with E-state index in [4.69, 9.17) is 21.4 Å². The highest BCUT2D eigenvalue weighted by atomic mass is 35.5. The summed E-state index contributed by atoms with van der Waals surface area (Å²) in [6.45, 7) is 1.59. The number of ether oxygens (including phenoxy) is 1. The van der Waals surface area contributed by atoms with E-state index < -0.39 is 12.1 Å². The number of rotatable bonds is 4. The molecule has 6 heteroatoms. The monoisotopic (exact) mass is 257 g/mol. The molecule has 0 fully saturated rings. The zero-order chi connectivity index (χ0) is 13.0. The van der Waals surface area contributed by atoms with Gasteiger partial charge in [-0.1, -0.05) is 11.6 Å². The lowest BCUT2D eigenvalue weighted by atomic mass is 10.2. The predicted molar refractivity (Wildman–Crippen MR) is 63.5 cm³/mol. The third-order valence-electron chi connectivity index (χ3n) is 2.19. The smallest absolute Gasteiger partial charge is 0.337 e. The lowest BCUT2D eigenvalue weighted by Gasteiger charge is -2.11. The van der Waals surface area contributed by atoms with Crippen molar-refractivity contribution >= 4 is 29.2 Å². The number of carbonyl (C=O) groups is 2. The van der Waals surface area contributed by atoms with Crippen LogP contribution in [0.5, 0.6) is 0 Å². The van der Waals surface area contributed by atoms with E-state index in [1.54, 1.807) is 6.92 Å². The number of methoxy groups -OCH3 is 1. The average molecular weight is 258 g/mol. The van der Waals surface area contributed by atoms with Gasteiger partial charge in [0.25, 0.3) is 5.91 Å². The van der Waals surface area contributed by atoms with Gasteiger partial charge < -0.3 is 15.2 Å². The van der Waals surface area contributed by atoms with Gasteiger partial charge in [-0.2, -0.15) is 0 Å². The van der Waals surface area contributed by atoms with Crippen molar-refractivity contribution in [1.82, 2.24) is 0 Å². The van der Waals surface area contributed by atoms with Gasteiger partial charge in [-0.25, -0.2) is 4.79 Å². The molecule has 0 spiro atoms. The van der Waals surface area contributed by atoms with Gasteiger partial charge in [0.15, 0.2) is 0 Å². The van der Waals surface area contributed by atoms with Crippen molar-refractivity contribution in [2.75, 3.05) is 12.4 Å². The van der Waals surface area contributed by atoms with E-state index in [-0.39, 0.29) is 16.5 Å². The zero-order valence-electron chi connectivity index (χ0n) is 9.36. The topological polar surface area (TPSA) is 75.6 Å². The Hall–Kier alpha value is -1.59. The molecule has 0 aliphatic carbocycles. The van der Waals surface area contributed by atoms with E-state index in [1.807, 2.05) is 0 Å². The molecular formula is C11H12ClNO4. The third kappa shape index (κ3) is 3.44. The molecule has 0 aliphatic heterocycles. The highest BCUT2D eigenvalue weighted by molar-refractivity contribution is 6.33. The number of carbonyl (C=O) groups excluding carboxylic acids is 1. The summed E-state index contributed by atoms with van der Waals surface area (Å²) in [5.74, 6) is -1.50. The first-order valence-corrected chi connectivity index (χ1v) is 5.20. The van der Waals surface area contributed by atoms with Gasteiger partial charge in [0.1, 0.15) is 6.10 Å². The quantitative estimate of drug-likeness (QED) is 0.865. The van der Waals surface area contributed by atoms with Crippen LogP contribution in [0, 0.1) is 0 Å². The number of hydrogen-bond acceptors (Lipinski definition) is 3. The summed E-state index contributed by atoms with van der Waals surface area (Å²) in [5.41, 5.74) is 0.301. The van der Waals surface area contributed by atoms with E-state index in [2.05, 4.69) is 5.32 Å². The largest absolute Gasteiger partial charge is 0.478 e. The summed E-state index contributed by atoms with van der Waals surface area (Å²) < 4.78 is 4.83. The van der Waals surface area contributed by atoms with Crippen molar-refractivity contribution in [3.05, 3.63) is 28.8 Å². The molecule has 0 radical (unpaired) electrons. The molecule has 0 bridgehead atoms. The van der Waals surface area contributed by atoms with E-state index in [0.717, 1.165) is 0 Å². The van der Waals surface area contributed by atoms with Gasteiger partial charge in [-0.3, -0.25) is 4.79 Å². The van der Waals surface area contributed by atoms with Gasteiger partial charge in [0.05, 0.1) is 10.6 Å². The minimum Gasteiger partial charge on any atom is -0.478 e. The second kappa shape index (κ2) is 5.65. The van der Waals surface area contributed by atoms with Gasteiger partial charge in [0.2, 0.25) is 0 Å². The molecular weight excluding hydrogens is 246 g/mol. The van der Waals surface area contributed by atoms with Gasteiger partial charge in [-0.15, -0.1) is 0 Å². The molecule has 1 unspecified atom stereocenters. The van der Waals surface area contributed by atoms with Crippen molar-refractivity contribution in [2.24, 2.45) is 0 Å². The second-order valence-electron chi connectivity index (χ2n) is 3.37. The number of benzene rings is 1. The Morgan fingerprint density at radius 1 is 1.47 bits per heavy atom. The van der Waals surface area contributed by atoms with E-state index in [1.165, 1.54) is 25.3 Å². The number of hydrogen-bond donors (Lipinski definition) is 2. The summed E-state index contributed by atoms with van der Waals surface area (Å²) in [7, 11) is 1.41. The van der Waals surface area contributed by atoms with E-state index in [0.29, 0.717) is 5.69 Å². The van der Waals surface area contributed by atoms with E-state index >= 15 is 0 Å². The van der Waals surface area contributed by atoms with Crippen molar-refractivity contribution in [3.8, 4) is 0 Å². The molecule has 92 valence electrons. The molecule has 0 aromatic heterocycles. The average Bonchev–Trinajstić information content (AvgIpc) is 2.30. The number of anilines is 1. The van der Waals surface area contributed by atoms with Crippen LogP contribution in [0.2, 0.25) is 5.02 Å². The minimum absolute atomic E-state index is 0.0606. The molecule has 1 atom stereocenters. The predicted octanol–water partition coefficient (Wildman–Crippen LogP) is 2.01. The van der Waals surface area contributed by atoms with Crippen LogP contribution in [0.4, 0.5) is 5.69 Å². The van der Waals surface area contributed by atoms with Gasteiger partial charge in [-0.05, 0) is 25.1 Å². The van der Waals surface area contributed by atoms with Crippen LogP contribution >= 0.6 is 11.6 Å². The molecule has 1 aromatic rings. The first-order valence-electron chi connectivity index (χ1n) is 4.82. The number of carboxylic acid groups (broad SMARTS) is 1. The third-order valence-corrected chi connectivity index (χ3v) is 2.52. The lowest BCUT2D eigenvalue weighted by molar-refractivity contribution is -0.124. The fraction of sp³-hybridized carbons (Fsp3) is 0.273. The number of amides is 1. The van der Waals surface area contributed by atoms with Crippen LogP contribution < -0.4 is 5.32 Å². The van der Waals surface area contributed by atoms with Crippen molar-refractivity contribution in [1.29, 1.82) is 0 Å².